The van der Waals surface area contributed by atoms with E-state index in [1.165, 1.54) is 37.9 Å². The summed E-state index contributed by atoms with van der Waals surface area (Å²) in [6, 6.07) is 15.4. The van der Waals surface area contributed by atoms with Crippen molar-refractivity contribution in [3.63, 3.8) is 0 Å². The van der Waals surface area contributed by atoms with Crippen LogP contribution in [0.1, 0.15) is 49.0 Å². The lowest BCUT2D eigenvalue weighted by molar-refractivity contribution is 0.102. The molecule has 138 valence electrons. The van der Waals surface area contributed by atoms with E-state index in [1.54, 1.807) is 0 Å². The highest BCUT2D eigenvalue weighted by Crippen LogP contribution is 2.18. The molecule has 0 aliphatic carbocycles. The first-order valence-corrected chi connectivity index (χ1v) is 9.49. The molecule has 0 atom stereocenters. The van der Waals surface area contributed by atoms with Crippen molar-refractivity contribution in [2.24, 2.45) is 0 Å². The molecule has 0 unspecified atom stereocenters. The van der Waals surface area contributed by atoms with Crippen LogP contribution in [-0.4, -0.2) is 30.0 Å². The Balaban J connectivity index is 1.55. The van der Waals surface area contributed by atoms with Crippen LogP contribution in [0.4, 0.5) is 5.69 Å². The molecule has 26 heavy (non-hydrogen) atoms. The van der Waals surface area contributed by atoms with E-state index in [0.29, 0.717) is 5.56 Å². The van der Waals surface area contributed by atoms with Crippen molar-refractivity contribution in [1.29, 1.82) is 0 Å². The van der Waals surface area contributed by atoms with Crippen LogP contribution in [0.2, 0.25) is 0 Å². The van der Waals surface area contributed by atoms with Gasteiger partial charge in [0.25, 0.3) is 5.91 Å². The van der Waals surface area contributed by atoms with Crippen molar-refractivity contribution < 1.29 is 9.53 Å². The average molecular weight is 352 g/mol. The van der Waals surface area contributed by atoms with E-state index >= 15 is 0 Å². The second-order valence-corrected chi connectivity index (χ2v) is 7.18. The molecule has 0 bridgehead atoms. The largest absolute Gasteiger partial charge is 0.491 e. The number of nitrogens with zero attached hydrogens (tertiary/aromatic N) is 1. The fourth-order valence-corrected chi connectivity index (χ4v) is 3.23. The second-order valence-electron chi connectivity index (χ2n) is 7.18. The van der Waals surface area contributed by atoms with Crippen LogP contribution in [0.15, 0.2) is 48.5 Å². The number of anilines is 1. The summed E-state index contributed by atoms with van der Waals surface area (Å²) < 4.78 is 5.62. The molecule has 2 aromatic rings. The monoisotopic (exact) mass is 352 g/mol. The molecular weight excluding hydrogens is 324 g/mol. The fraction of sp³-hybridized carbons (Fsp3) is 0.409. The molecule has 1 saturated heterocycles. The minimum Gasteiger partial charge on any atom is -0.491 e. The Kier molecular flexibility index (Phi) is 6.29. The number of carbonyl (C=O) groups excluding carboxylic acids is 1. The Hall–Kier alpha value is -2.33. The minimum atomic E-state index is -0.0907. The summed E-state index contributed by atoms with van der Waals surface area (Å²) in [7, 11) is 0. The van der Waals surface area contributed by atoms with E-state index < -0.39 is 0 Å². The van der Waals surface area contributed by atoms with Gasteiger partial charge in [-0.1, -0.05) is 18.6 Å². The maximum absolute atomic E-state index is 12.4. The summed E-state index contributed by atoms with van der Waals surface area (Å²) in [5.41, 5.74) is 2.71. The maximum atomic E-state index is 12.4. The summed E-state index contributed by atoms with van der Waals surface area (Å²) >= 11 is 0. The van der Waals surface area contributed by atoms with Gasteiger partial charge in [0.1, 0.15) is 5.75 Å². The van der Waals surface area contributed by atoms with Gasteiger partial charge in [0, 0.05) is 17.8 Å². The number of rotatable bonds is 6. The maximum Gasteiger partial charge on any atom is 0.255 e. The molecule has 2 aromatic carbocycles. The van der Waals surface area contributed by atoms with Gasteiger partial charge in [-0.05, 0) is 81.7 Å². The Bertz CT molecular complexity index is 702. The van der Waals surface area contributed by atoms with Gasteiger partial charge in [-0.15, -0.1) is 0 Å². The standard InChI is InChI=1S/C22H28N2O2/c1-17(2)26-21-12-10-20(11-13-21)23-22(25)19-8-6-18(7-9-19)16-24-14-4-3-5-15-24/h6-13,17H,3-5,14-16H2,1-2H3,(H,23,25). The zero-order chi connectivity index (χ0) is 18.4. The van der Waals surface area contributed by atoms with Crippen molar-refractivity contribution >= 4 is 11.6 Å². The molecule has 0 radical (unpaired) electrons. The zero-order valence-electron chi connectivity index (χ0n) is 15.7. The molecule has 3 rings (SSSR count). The van der Waals surface area contributed by atoms with Crippen LogP contribution in [0, 0.1) is 0 Å². The van der Waals surface area contributed by atoms with Gasteiger partial charge in [0.05, 0.1) is 6.10 Å². The van der Waals surface area contributed by atoms with Crippen LogP contribution in [0.5, 0.6) is 5.75 Å². The molecule has 4 nitrogen and oxygen atoms in total. The third-order valence-corrected chi connectivity index (χ3v) is 4.55. The number of benzene rings is 2. The van der Waals surface area contributed by atoms with E-state index in [1.807, 2.05) is 50.2 Å². The lowest BCUT2D eigenvalue weighted by Crippen LogP contribution is -2.29. The highest BCUT2D eigenvalue weighted by Gasteiger charge is 2.11. The smallest absolute Gasteiger partial charge is 0.255 e. The van der Waals surface area contributed by atoms with Gasteiger partial charge in [0.2, 0.25) is 0 Å². The Morgan fingerprint density at radius 3 is 2.27 bits per heavy atom. The molecular formula is C22H28N2O2. The predicted octanol–water partition coefficient (Wildman–Crippen LogP) is 4.71. The molecule has 0 saturated carbocycles. The van der Waals surface area contributed by atoms with Gasteiger partial charge >= 0.3 is 0 Å². The minimum absolute atomic E-state index is 0.0907. The van der Waals surface area contributed by atoms with Gasteiger partial charge < -0.3 is 10.1 Å². The number of piperidine rings is 1. The lowest BCUT2D eigenvalue weighted by atomic mass is 10.1. The number of likely N-dealkylation sites (tertiary alicyclic amines) is 1. The average Bonchev–Trinajstić information content (AvgIpc) is 2.64. The number of nitrogens with one attached hydrogen (secondary N) is 1. The van der Waals surface area contributed by atoms with E-state index in [-0.39, 0.29) is 12.0 Å². The van der Waals surface area contributed by atoms with Crippen LogP contribution in [-0.2, 0) is 6.54 Å². The Labute approximate surface area is 156 Å². The SMILES string of the molecule is CC(C)Oc1ccc(NC(=O)c2ccc(CN3CCCCC3)cc2)cc1. The molecule has 1 amide bonds. The first-order chi connectivity index (χ1) is 12.6. The quantitative estimate of drug-likeness (QED) is 0.818. The molecule has 1 heterocycles. The summed E-state index contributed by atoms with van der Waals surface area (Å²) in [6.45, 7) is 7.31. The Morgan fingerprint density at radius 2 is 1.65 bits per heavy atom. The first-order valence-electron chi connectivity index (χ1n) is 9.49. The van der Waals surface area contributed by atoms with Crippen LogP contribution < -0.4 is 10.1 Å². The van der Waals surface area contributed by atoms with Gasteiger partial charge in [-0.2, -0.15) is 0 Å². The third-order valence-electron chi connectivity index (χ3n) is 4.55. The first kappa shape index (κ1) is 18.5. The number of ether oxygens (including phenoxy) is 1. The number of hydrogen-bond donors (Lipinski definition) is 1. The fourth-order valence-electron chi connectivity index (χ4n) is 3.23. The van der Waals surface area contributed by atoms with E-state index in [4.69, 9.17) is 4.74 Å². The third kappa shape index (κ3) is 5.33. The van der Waals surface area contributed by atoms with Crippen molar-refractivity contribution in [1.82, 2.24) is 4.90 Å². The number of carbonyl (C=O) groups is 1. The van der Waals surface area contributed by atoms with Crippen molar-refractivity contribution in [2.45, 2.75) is 45.8 Å². The molecule has 1 N–H and O–H groups in total. The van der Waals surface area contributed by atoms with Crippen molar-refractivity contribution in [2.75, 3.05) is 18.4 Å². The normalized spacial score (nSPS) is 15.0. The van der Waals surface area contributed by atoms with Gasteiger partial charge in [0.15, 0.2) is 0 Å². The highest BCUT2D eigenvalue weighted by molar-refractivity contribution is 6.04. The summed E-state index contributed by atoms with van der Waals surface area (Å²) in [5, 5.41) is 2.93. The van der Waals surface area contributed by atoms with Gasteiger partial charge in [-0.3, -0.25) is 9.69 Å². The summed E-state index contributed by atoms with van der Waals surface area (Å²) in [6.07, 6.45) is 4.07. The molecule has 0 aromatic heterocycles. The molecule has 0 spiro atoms. The molecule has 4 heteroatoms. The number of amides is 1. The van der Waals surface area contributed by atoms with Crippen LogP contribution >= 0.6 is 0 Å². The van der Waals surface area contributed by atoms with Gasteiger partial charge in [-0.25, -0.2) is 0 Å². The van der Waals surface area contributed by atoms with Crippen LogP contribution in [0.25, 0.3) is 0 Å². The van der Waals surface area contributed by atoms with E-state index in [2.05, 4.69) is 22.3 Å². The highest BCUT2D eigenvalue weighted by atomic mass is 16.5. The second kappa shape index (κ2) is 8.86. The summed E-state index contributed by atoms with van der Waals surface area (Å²) in [5.74, 6) is 0.715. The lowest BCUT2D eigenvalue weighted by Gasteiger charge is -2.26. The van der Waals surface area contributed by atoms with Crippen molar-refractivity contribution in [3.05, 3.63) is 59.7 Å². The zero-order valence-corrected chi connectivity index (χ0v) is 15.7. The van der Waals surface area contributed by atoms with Crippen LogP contribution in [0.3, 0.4) is 0 Å². The molecule has 1 aliphatic heterocycles. The van der Waals surface area contributed by atoms with E-state index in [0.717, 1.165) is 18.0 Å². The number of hydrogen-bond acceptors (Lipinski definition) is 3. The van der Waals surface area contributed by atoms with E-state index in [9.17, 15) is 4.79 Å². The molecule has 1 aliphatic rings. The Morgan fingerprint density at radius 1 is 1.00 bits per heavy atom. The topological polar surface area (TPSA) is 41.6 Å². The summed E-state index contributed by atoms with van der Waals surface area (Å²) in [4.78, 5) is 14.9. The van der Waals surface area contributed by atoms with Crippen molar-refractivity contribution in [3.8, 4) is 5.75 Å². The predicted molar refractivity (Wildman–Crippen MR) is 106 cm³/mol. The molecule has 1 fully saturated rings.